The number of esters is 1. The smallest absolute Gasteiger partial charge is 0.340 e. The molecule has 2 saturated carbocycles. The number of carbonyl (C=O) groups excluding carboxylic acids is 1. The van der Waals surface area contributed by atoms with E-state index in [1.807, 2.05) is 6.07 Å². The number of ether oxygens (including phenoxy) is 2. The summed E-state index contributed by atoms with van der Waals surface area (Å²) in [7, 11) is 0. The van der Waals surface area contributed by atoms with Crippen molar-refractivity contribution >= 4 is 29.2 Å². The van der Waals surface area contributed by atoms with Gasteiger partial charge in [-0.05, 0) is 81.2 Å². The molecule has 4 aromatic rings. The van der Waals surface area contributed by atoms with E-state index in [1.165, 1.54) is 36.8 Å². The average Bonchev–Trinajstić information content (AvgIpc) is 3.73. The highest BCUT2D eigenvalue weighted by Gasteiger charge is 2.42. The first-order valence-electron chi connectivity index (χ1n) is 13.3. The predicted molar refractivity (Wildman–Crippen MR) is 149 cm³/mol. The Labute approximate surface area is 245 Å². The van der Waals surface area contributed by atoms with Gasteiger partial charge >= 0.3 is 5.97 Å². The molecule has 0 aliphatic heterocycles. The summed E-state index contributed by atoms with van der Waals surface area (Å²) in [6.07, 6.45) is 4.36. The Hall–Kier alpha value is -3.87. The molecule has 0 radical (unpaired) electrons. The molecular weight excluding hydrogens is 570 g/mol. The molecule has 0 saturated heterocycles. The van der Waals surface area contributed by atoms with Crippen molar-refractivity contribution in [3.8, 4) is 29.2 Å². The molecule has 2 bridgehead atoms. The molecule has 0 amide bonds. The number of nitrogens with zero attached hydrogens (tertiary/aromatic N) is 3. The summed E-state index contributed by atoms with van der Waals surface area (Å²) in [5.41, 5.74) is 2.74. The number of aromatic nitrogens is 3. The standard InChI is InChI=1S/C30H25Cl2FN4O4/c1-14-25(30(38)40-23-10-16-3-4-18(23)7-16)15(2)35-27(14)29-37-36-24(41-29)11-19-5-6-22(32)28(26(19)33)39-21-9-17(13-34)8-20(31)12-21/h5-6,8-9,12,16,18,23,35H,3-4,7,10-11H2,1-2H3/t16-,18+,23?/m1/s1. The maximum absolute atomic E-state index is 15.5. The van der Waals surface area contributed by atoms with Crippen molar-refractivity contribution in [3.05, 3.63) is 80.0 Å². The van der Waals surface area contributed by atoms with Gasteiger partial charge in [0, 0.05) is 16.3 Å². The summed E-state index contributed by atoms with van der Waals surface area (Å²) >= 11 is 12.3. The van der Waals surface area contributed by atoms with Gasteiger partial charge < -0.3 is 18.9 Å². The van der Waals surface area contributed by atoms with Crippen LogP contribution in [-0.4, -0.2) is 27.3 Å². The summed E-state index contributed by atoms with van der Waals surface area (Å²) in [5, 5.41) is 17.7. The van der Waals surface area contributed by atoms with Crippen LogP contribution < -0.4 is 4.74 Å². The first kappa shape index (κ1) is 27.3. The third kappa shape index (κ3) is 5.30. The normalized spacial score (nSPS) is 19.4. The van der Waals surface area contributed by atoms with Gasteiger partial charge in [0.25, 0.3) is 5.89 Å². The van der Waals surface area contributed by atoms with Crippen LogP contribution in [0.15, 0.2) is 34.7 Å². The number of halogens is 3. The fourth-order valence-corrected chi connectivity index (χ4v) is 6.40. The largest absolute Gasteiger partial charge is 0.458 e. The van der Waals surface area contributed by atoms with E-state index in [0.29, 0.717) is 34.4 Å². The molecule has 8 nitrogen and oxygen atoms in total. The molecule has 1 unspecified atom stereocenters. The summed E-state index contributed by atoms with van der Waals surface area (Å²) in [5.74, 6) is 0.336. The summed E-state index contributed by atoms with van der Waals surface area (Å²) in [4.78, 5) is 16.3. The van der Waals surface area contributed by atoms with Crippen LogP contribution in [0.3, 0.4) is 0 Å². The lowest BCUT2D eigenvalue weighted by Crippen LogP contribution is -2.24. The van der Waals surface area contributed by atoms with Crippen LogP contribution in [0.4, 0.5) is 4.39 Å². The summed E-state index contributed by atoms with van der Waals surface area (Å²) < 4.78 is 32.9. The quantitative estimate of drug-likeness (QED) is 0.218. The van der Waals surface area contributed by atoms with Crippen molar-refractivity contribution in [2.75, 3.05) is 0 Å². The number of aromatic amines is 1. The Bertz CT molecular complexity index is 1710. The van der Waals surface area contributed by atoms with Crippen molar-refractivity contribution in [1.82, 2.24) is 15.2 Å². The van der Waals surface area contributed by atoms with E-state index in [4.69, 9.17) is 37.1 Å². The van der Waals surface area contributed by atoms with Gasteiger partial charge in [0.2, 0.25) is 5.89 Å². The van der Waals surface area contributed by atoms with Gasteiger partial charge in [-0.15, -0.1) is 10.2 Å². The number of H-pyrrole nitrogens is 1. The molecule has 6 rings (SSSR count). The van der Waals surface area contributed by atoms with Gasteiger partial charge in [0.1, 0.15) is 17.5 Å². The van der Waals surface area contributed by atoms with Crippen LogP contribution in [0.25, 0.3) is 11.6 Å². The first-order chi connectivity index (χ1) is 19.7. The Morgan fingerprint density at radius 2 is 2.02 bits per heavy atom. The zero-order chi connectivity index (χ0) is 28.8. The molecule has 2 aromatic carbocycles. The van der Waals surface area contributed by atoms with Crippen molar-refractivity contribution < 1.29 is 23.1 Å². The number of rotatable bonds is 7. The lowest BCUT2D eigenvalue weighted by molar-refractivity contribution is 0.0157. The van der Waals surface area contributed by atoms with Gasteiger partial charge in [0.15, 0.2) is 11.6 Å². The Kier molecular flexibility index (Phi) is 7.22. The molecule has 11 heteroatoms. The zero-order valence-electron chi connectivity index (χ0n) is 22.3. The highest BCUT2D eigenvalue weighted by molar-refractivity contribution is 6.32. The Balaban J connectivity index is 1.21. The van der Waals surface area contributed by atoms with Gasteiger partial charge in [0.05, 0.1) is 28.6 Å². The van der Waals surface area contributed by atoms with E-state index >= 15 is 4.39 Å². The number of nitrogens with one attached hydrogen (secondary N) is 1. The summed E-state index contributed by atoms with van der Waals surface area (Å²) in [6.45, 7) is 3.60. The second-order valence-electron chi connectivity index (χ2n) is 10.7. The molecule has 2 heterocycles. The van der Waals surface area contributed by atoms with Crippen molar-refractivity contribution in [2.45, 2.75) is 52.1 Å². The molecule has 2 aromatic heterocycles. The van der Waals surface area contributed by atoms with E-state index in [2.05, 4.69) is 15.2 Å². The number of hydrogen-bond acceptors (Lipinski definition) is 7. The van der Waals surface area contributed by atoms with Gasteiger partial charge in [-0.3, -0.25) is 0 Å². The molecule has 210 valence electrons. The molecule has 2 aliphatic rings. The lowest BCUT2D eigenvalue weighted by Gasteiger charge is -2.22. The fourth-order valence-electron chi connectivity index (χ4n) is 5.99. The Morgan fingerprint density at radius 3 is 2.76 bits per heavy atom. The van der Waals surface area contributed by atoms with Crippen molar-refractivity contribution in [1.29, 1.82) is 5.26 Å². The Morgan fingerprint density at radius 1 is 1.20 bits per heavy atom. The maximum atomic E-state index is 15.5. The first-order valence-corrected chi connectivity index (χ1v) is 14.0. The number of carbonyl (C=O) groups is 1. The molecule has 3 atom stereocenters. The number of hydrogen-bond donors (Lipinski definition) is 1. The topological polar surface area (TPSA) is 114 Å². The summed E-state index contributed by atoms with van der Waals surface area (Å²) in [6, 6.07) is 9.32. The van der Waals surface area contributed by atoms with E-state index in [0.717, 1.165) is 19.3 Å². The van der Waals surface area contributed by atoms with Gasteiger partial charge in [-0.1, -0.05) is 29.3 Å². The molecule has 41 heavy (non-hydrogen) atoms. The number of fused-ring (bicyclic) bond motifs is 2. The average molecular weight is 595 g/mol. The van der Waals surface area contributed by atoms with E-state index in [1.54, 1.807) is 13.8 Å². The second-order valence-corrected chi connectivity index (χ2v) is 11.5. The highest BCUT2D eigenvalue weighted by atomic mass is 35.5. The third-order valence-electron chi connectivity index (χ3n) is 7.94. The minimum Gasteiger partial charge on any atom is -0.458 e. The van der Waals surface area contributed by atoms with Gasteiger partial charge in [-0.2, -0.15) is 5.26 Å². The minimum atomic E-state index is -0.715. The lowest BCUT2D eigenvalue weighted by atomic mass is 9.97. The number of aryl methyl sites for hydroxylation is 1. The molecule has 2 fully saturated rings. The van der Waals surface area contributed by atoms with Crippen LogP contribution in [0.1, 0.15) is 64.3 Å². The number of benzene rings is 2. The second kappa shape index (κ2) is 10.8. The molecule has 2 aliphatic carbocycles. The fraction of sp³-hybridized carbons (Fsp3) is 0.333. The van der Waals surface area contributed by atoms with Crippen LogP contribution in [0.2, 0.25) is 10.0 Å². The van der Waals surface area contributed by atoms with Crippen LogP contribution in [-0.2, 0) is 11.2 Å². The molecule has 1 N–H and O–H groups in total. The van der Waals surface area contributed by atoms with E-state index in [9.17, 15) is 10.1 Å². The third-order valence-corrected chi connectivity index (χ3v) is 8.46. The highest BCUT2D eigenvalue weighted by Crippen LogP contribution is 2.46. The molecular formula is C30H25Cl2FN4O4. The van der Waals surface area contributed by atoms with Gasteiger partial charge in [-0.25, -0.2) is 9.18 Å². The van der Waals surface area contributed by atoms with Crippen LogP contribution in [0.5, 0.6) is 11.5 Å². The van der Waals surface area contributed by atoms with Crippen molar-refractivity contribution in [3.63, 3.8) is 0 Å². The van der Waals surface area contributed by atoms with Crippen LogP contribution >= 0.6 is 23.2 Å². The van der Waals surface area contributed by atoms with E-state index in [-0.39, 0.29) is 62.9 Å². The van der Waals surface area contributed by atoms with Crippen molar-refractivity contribution in [2.24, 2.45) is 11.8 Å². The van der Waals surface area contributed by atoms with Crippen LogP contribution in [0, 0.1) is 42.8 Å². The zero-order valence-corrected chi connectivity index (χ0v) is 23.8. The SMILES string of the molecule is Cc1[nH]c(-c2nnc(Cc3ccc(Cl)c(Oc4cc(Cl)cc(C#N)c4)c3F)o2)c(C)c1C(=O)OC1C[C@@H]2CC[C@H]1C2. The number of nitriles is 1. The molecule has 0 spiro atoms. The maximum Gasteiger partial charge on any atom is 0.340 e. The predicted octanol–water partition coefficient (Wildman–Crippen LogP) is 7.73. The monoisotopic (exact) mass is 594 g/mol. The minimum absolute atomic E-state index is 0.0242. The van der Waals surface area contributed by atoms with E-state index < -0.39 is 5.82 Å².